The summed E-state index contributed by atoms with van der Waals surface area (Å²) in [6.45, 7) is 5.04. The molecule has 0 saturated heterocycles. The number of anilines is 1. The van der Waals surface area contributed by atoms with Gasteiger partial charge in [0.25, 0.3) is 0 Å². The summed E-state index contributed by atoms with van der Waals surface area (Å²) in [6, 6.07) is 16.2. The first-order chi connectivity index (χ1) is 13.1. The molecule has 0 bridgehead atoms. The van der Waals surface area contributed by atoms with Crippen molar-refractivity contribution in [1.29, 1.82) is 0 Å². The van der Waals surface area contributed by atoms with Gasteiger partial charge in [-0.3, -0.25) is 0 Å². The summed E-state index contributed by atoms with van der Waals surface area (Å²) in [5, 5.41) is 22.5. The van der Waals surface area contributed by atoms with E-state index in [2.05, 4.69) is 33.7 Å². The Labute approximate surface area is 167 Å². The summed E-state index contributed by atoms with van der Waals surface area (Å²) in [5.41, 5.74) is 3.50. The van der Waals surface area contributed by atoms with Crippen LogP contribution in [-0.2, 0) is 6.54 Å². The maximum absolute atomic E-state index is 10.2. The minimum atomic E-state index is -0.569. The second-order valence-electron chi connectivity index (χ2n) is 6.31. The Hall–Kier alpha value is -2.09. The number of nitrogens with zero attached hydrogens (tertiary/aromatic N) is 2. The Bertz CT molecular complexity index is 835. The Morgan fingerprint density at radius 1 is 1.11 bits per heavy atom. The van der Waals surface area contributed by atoms with E-state index in [1.165, 1.54) is 28.7 Å². The van der Waals surface area contributed by atoms with Crippen molar-refractivity contribution in [2.45, 2.75) is 30.8 Å². The second kappa shape index (κ2) is 9.73. The molecule has 2 aromatic carbocycles. The molecule has 3 aromatic rings. The number of thioether (sulfide) groups is 1. The summed E-state index contributed by atoms with van der Waals surface area (Å²) >= 11 is 2.98. The Kier molecular flexibility index (Phi) is 7.09. The average molecular weight is 402 g/mol. The van der Waals surface area contributed by atoms with E-state index in [-0.39, 0.29) is 6.61 Å². The molecular weight excluding hydrogens is 378 g/mol. The topological polar surface area (TPSA) is 67.3 Å². The van der Waals surface area contributed by atoms with Gasteiger partial charge in [-0.2, -0.15) is 0 Å². The predicted molar refractivity (Wildman–Crippen MR) is 112 cm³/mol. The number of aromatic nitrogens is 2. The molecule has 0 aliphatic heterocycles. The normalized spacial score (nSPS) is 12.0. The molecule has 0 fully saturated rings. The average Bonchev–Trinajstić information content (AvgIpc) is 3.11. The van der Waals surface area contributed by atoms with Crippen LogP contribution in [0.4, 0.5) is 5.13 Å². The van der Waals surface area contributed by atoms with Gasteiger partial charge < -0.3 is 15.2 Å². The van der Waals surface area contributed by atoms with Gasteiger partial charge in [-0.25, -0.2) is 0 Å². The molecule has 1 heterocycles. The van der Waals surface area contributed by atoms with Crippen LogP contribution in [0.1, 0.15) is 16.7 Å². The molecule has 1 aromatic heterocycles. The van der Waals surface area contributed by atoms with Gasteiger partial charge in [-0.1, -0.05) is 59.5 Å². The summed E-state index contributed by atoms with van der Waals surface area (Å²) in [7, 11) is 0. The van der Waals surface area contributed by atoms with E-state index in [4.69, 9.17) is 4.74 Å². The first kappa shape index (κ1) is 19.7. The van der Waals surface area contributed by atoms with Crippen LogP contribution in [0, 0.1) is 13.8 Å². The van der Waals surface area contributed by atoms with Crippen LogP contribution in [0.25, 0.3) is 0 Å². The van der Waals surface area contributed by atoms with Gasteiger partial charge in [0.05, 0.1) is 6.10 Å². The highest BCUT2D eigenvalue weighted by Gasteiger charge is 2.10. The zero-order chi connectivity index (χ0) is 19.1. The quantitative estimate of drug-likeness (QED) is 0.521. The van der Waals surface area contributed by atoms with Crippen LogP contribution in [0.2, 0.25) is 0 Å². The fraction of sp³-hybridized carbons (Fsp3) is 0.300. The lowest BCUT2D eigenvalue weighted by atomic mass is 10.1. The Morgan fingerprint density at radius 3 is 2.59 bits per heavy atom. The lowest BCUT2D eigenvalue weighted by molar-refractivity contribution is 0.126. The van der Waals surface area contributed by atoms with E-state index in [0.717, 1.165) is 26.3 Å². The molecule has 0 amide bonds. The third kappa shape index (κ3) is 6.53. The van der Waals surface area contributed by atoms with Crippen molar-refractivity contribution in [1.82, 2.24) is 10.2 Å². The third-order valence-electron chi connectivity index (χ3n) is 3.73. The van der Waals surface area contributed by atoms with E-state index < -0.39 is 6.10 Å². The van der Waals surface area contributed by atoms with Crippen molar-refractivity contribution >= 4 is 28.2 Å². The van der Waals surface area contributed by atoms with Gasteiger partial charge in [0.2, 0.25) is 5.13 Å². The molecule has 0 radical (unpaired) electrons. The molecule has 27 heavy (non-hydrogen) atoms. The lowest BCUT2D eigenvalue weighted by Gasteiger charge is -2.12. The van der Waals surface area contributed by atoms with Gasteiger partial charge in [-0.15, -0.1) is 10.2 Å². The number of nitrogens with one attached hydrogen (secondary N) is 1. The van der Waals surface area contributed by atoms with Crippen molar-refractivity contribution < 1.29 is 9.84 Å². The molecule has 7 heteroatoms. The fourth-order valence-electron chi connectivity index (χ4n) is 2.54. The zero-order valence-corrected chi connectivity index (χ0v) is 17.0. The highest BCUT2D eigenvalue weighted by atomic mass is 32.2. The lowest BCUT2D eigenvalue weighted by Crippen LogP contribution is -2.20. The van der Waals surface area contributed by atoms with Gasteiger partial charge in [0.15, 0.2) is 4.34 Å². The van der Waals surface area contributed by atoms with Gasteiger partial charge in [0.1, 0.15) is 12.4 Å². The summed E-state index contributed by atoms with van der Waals surface area (Å²) < 4.78 is 6.53. The summed E-state index contributed by atoms with van der Waals surface area (Å²) in [5.74, 6) is 1.30. The van der Waals surface area contributed by atoms with Crippen LogP contribution in [0.3, 0.4) is 0 Å². The second-order valence-corrected chi connectivity index (χ2v) is 8.56. The molecule has 5 nitrogen and oxygen atoms in total. The van der Waals surface area contributed by atoms with Crippen LogP contribution < -0.4 is 10.1 Å². The summed E-state index contributed by atoms with van der Waals surface area (Å²) in [4.78, 5) is 0. The first-order valence-corrected chi connectivity index (χ1v) is 10.5. The Balaban J connectivity index is 1.41. The predicted octanol–water partition coefficient (Wildman–Crippen LogP) is 4.30. The van der Waals surface area contributed by atoms with E-state index in [1.807, 2.05) is 44.2 Å². The summed E-state index contributed by atoms with van der Waals surface area (Å²) in [6.07, 6.45) is -0.569. The molecular formula is C20H23N3O2S2. The molecule has 3 rings (SSSR count). The van der Waals surface area contributed by atoms with Gasteiger partial charge in [-0.05, 0) is 42.7 Å². The molecule has 1 atom stereocenters. The molecule has 0 saturated carbocycles. The number of rotatable bonds is 9. The van der Waals surface area contributed by atoms with E-state index in [9.17, 15) is 5.11 Å². The number of aliphatic hydroxyl groups is 1. The standard InChI is InChI=1S/C20H23N3O2S2/c1-14-8-15(2)10-18(9-14)25-12-17(24)13-26-20-23-22-19(27-20)21-11-16-6-4-3-5-7-16/h3-10,17,24H,11-13H2,1-2H3,(H,21,22)/t17-/m1/s1. The van der Waals surface area contributed by atoms with Crippen molar-refractivity contribution in [3.8, 4) is 5.75 Å². The first-order valence-electron chi connectivity index (χ1n) is 8.72. The number of aliphatic hydroxyl groups excluding tert-OH is 1. The van der Waals surface area contributed by atoms with Crippen molar-refractivity contribution in [3.63, 3.8) is 0 Å². The molecule has 2 N–H and O–H groups in total. The van der Waals surface area contributed by atoms with Crippen LogP contribution in [0.5, 0.6) is 5.75 Å². The SMILES string of the molecule is Cc1cc(C)cc(OC[C@@H](O)CSc2nnc(NCc3ccccc3)s2)c1. The number of benzene rings is 2. The molecule has 0 unspecified atom stereocenters. The third-order valence-corrected chi connectivity index (χ3v) is 5.89. The van der Waals surface area contributed by atoms with Crippen LogP contribution in [0.15, 0.2) is 52.9 Å². The Morgan fingerprint density at radius 2 is 1.85 bits per heavy atom. The van der Waals surface area contributed by atoms with Crippen LogP contribution >= 0.6 is 23.1 Å². The number of hydrogen-bond donors (Lipinski definition) is 2. The van der Waals surface area contributed by atoms with Crippen molar-refractivity contribution in [2.75, 3.05) is 17.7 Å². The van der Waals surface area contributed by atoms with Crippen LogP contribution in [-0.4, -0.2) is 33.8 Å². The van der Waals surface area contributed by atoms with E-state index in [0.29, 0.717) is 12.3 Å². The monoisotopic (exact) mass is 401 g/mol. The zero-order valence-electron chi connectivity index (χ0n) is 15.4. The number of ether oxygens (including phenoxy) is 1. The van der Waals surface area contributed by atoms with Crippen molar-refractivity contribution in [2.24, 2.45) is 0 Å². The molecule has 142 valence electrons. The minimum Gasteiger partial charge on any atom is -0.491 e. The molecule has 0 spiro atoms. The van der Waals surface area contributed by atoms with Gasteiger partial charge >= 0.3 is 0 Å². The van der Waals surface area contributed by atoms with Crippen molar-refractivity contribution in [3.05, 3.63) is 65.2 Å². The van der Waals surface area contributed by atoms with E-state index >= 15 is 0 Å². The van der Waals surface area contributed by atoms with E-state index in [1.54, 1.807) is 0 Å². The largest absolute Gasteiger partial charge is 0.491 e. The number of hydrogen-bond acceptors (Lipinski definition) is 7. The number of aryl methyl sites for hydroxylation is 2. The maximum atomic E-state index is 10.2. The highest BCUT2D eigenvalue weighted by Crippen LogP contribution is 2.26. The highest BCUT2D eigenvalue weighted by molar-refractivity contribution is 8.01. The molecule has 0 aliphatic carbocycles. The van der Waals surface area contributed by atoms with Gasteiger partial charge in [0, 0.05) is 12.3 Å². The molecule has 0 aliphatic rings. The minimum absolute atomic E-state index is 0.258. The maximum Gasteiger partial charge on any atom is 0.206 e. The fourth-order valence-corrected chi connectivity index (χ4v) is 4.22. The smallest absolute Gasteiger partial charge is 0.206 e.